The quantitative estimate of drug-likeness (QED) is 0.775. The summed E-state index contributed by atoms with van der Waals surface area (Å²) in [6.07, 6.45) is 8.08. The van der Waals surface area contributed by atoms with Crippen LogP contribution in [0.2, 0.25) is 0 Å². The number of fused-ring (bicyclic) bond motifs is 1. The van der Waals surface area contributed by atoms with E-state index in [4.69, 9.17) is 0 Å². The maximum atomic E-state index is 12.7. The molecule has 5 nitrogen and oxygen atoms in total. The van der Waals surface area contributed by atoms with Crippen molar-refractivity contribution in [1.29, 1.82) is 0 Å². The van der Waals surface area contributed by atoms with E-state index in [1.807, 2.05) is 13.0 Å². The number of benzene rings is 1. The summed E-state index contributed by atoms with van der Waals surface area (Å²) in [6.45, 7) is 4.21. The van der Waals surface area contributed by atoms with Crippen molar-refractivity contribution < 1.29 is 14.4 Å². The Kier molecular flexibility index (Phi) is 4.34. The van der Waals surface area contributed by atoms with Crippen LogP contribution in [-0.2, 0) is 4.79 Å². The number of nitrogens with one attached hydrogen (secondary N) is 1. The smallest absolute Gasteiger partial charge is 0.261 e. The van der Waals surface area contributed by atoms with Crippen molar-refractivity contribution >= 4 is 17.7 Å². The van der Waals surface area contributed by atoms with Gasteiger partial charge in [0.05, 0.1) is 11.1 Å². The van der Waals surface area contributed by atoms with Crippen LogP contribution >= 0.6 is 0 Å². The molecule has 29 heavy (non-hydrogen) atoms. The van der Waals surface area contributed by atoms with Crippen molar-refractivity contribution in [1.82, 2.24) is 10.2 Å². The molecule has 4 saturated carbocycles. The summed E-state index contributed by atoms with van der Waals surface area (Å²) in [4.78, 5) is 39.1. The average molecular weight is 395 g/mol. The van der Waals surface area contributed by atoms with Crippen molar-refractivity contribution in [3.05, 3.63) is 34.9 Å². The van der Waals surface area contributed by atoms with Crippen LogP contribution in [0, 0.1) is 30.1 Å². The number of imide groups is 1. The van der Waals surface area contributed by atoms with Crippen molar-refractivity contribution in [3.63, 3.8) is 0 Å². The molecule has 0 radical (unpaired) electrons. The predicted octanol–water partition coefficient (Wildman–Crippen LogP) is 3.70. The summed E-state index contributed by atoms with van der Waals surface area (Å²) < 4.78 is 0. The Labute approximate surface area is 172 Å². The monoisotopic (exact) mass is 394 g/mol. The highest BCUT2D eigenvalue weighted by Gasteiger charge is 2.53. The van der Waals surface area contributed by atoms with Crippen LogP contribution in [0.25, 0.3) is 0 Å². The van der Waals surface area contributed by atoms with Crippen LogP contribution in [0.1, 0.15) is 78.1 Å². The Balaban J connectivity index is 1.20. The second-order valence-corrected chi connectivity index (χ2v) is 10.1. The molecule has 3 amide bonds. The molecular weight excluding hydrogens is 364 g/mol. The summed E-state index contributed by atoms with van der Waals surface area (Å²) in [5.41, 5.74) is 2.12. The maximum absolute atomic E-state index is 12.7. The molecular formula is C24H30N2O3. The van der Waals surface area contributed by atoms with Crippen molar-refractivity contribution in [2.45, 2.75) is 64.8 Å². The van der Waals surface area contributed by atoms with Crippen molar-refractivity contribution in [3.8, 4) is 0 Å². The molecule has 1 aliphatic heterocycles. The highest BCUT2D eigenvalue weighted by Crippen LogP contribution is 2.61. The number of nitrogens with zero attached hydrogens (tertiary/aromatic N) is 1. The molecule has 154 valence electrons. The van der Waals surface area contributed by atoms with Gasteiger partial charge in [0.25, 0.3) is 11.8 Å². The zero-order chi connectivity index (χ0) is 20.3. The number of hydrogen-bond acceptors (Lipinski definition) is 3. The van der Waals surface area contributed by atoms with Gasteiger partial charge in [-0.25, -0.2) is 0 Å². The minimum Gasteiger partial charge on any atom is -0.353 e. The number of amides is 3. The fourth-order valence-electron chi connectivity index (χ4n) is 7.00. The molecule has 0 aromatic heterocycles. The van der Waals surface area contributed by atoms with Crippen LogP contribution < -0.4 is 5.32 Å². The van der Waals surface area contributed by atoms with Gasteiger partial charge in [0.1, 0.15) is 0 Å². The van der Waals surface area contributed by atoms with Gasteiger partial charge in [-0.05, 0) is 87.7 Å². The fourth-order valence-corrected chi connectivity index (χ4v) is 7.00. The summed E-state index contributed by atoms with van der Waals surface area (Å²) in [6, 6.07) is 5.46. The first kappa shape index (κ1) is 18.8. The van der Waals surface area contributed by atoms with Crippen molar-refractivity contribution in [2.24, 2.45) is 23.2 Å². The first-order valence-electron chi connectivity index (χ1n) is 11.1. The van der Waals surface area contributed by atoms with E-state index in [1.54, 1.807) is 12.1 Å². The van der Waals surface area contributed by atoms with Gasteiger partial charge < -0.3 is 5.32 Å². The van der Waals surface area contributed by atoms with E-state index >= 15 is 0 Å². The molecule has 0 saturated heterocycles. The Morgan fingerprint density at radius 3 is 2.28 bits per heavy atom. The second kappa shape index (κ2) is 6.68. The summed E-state index contributed by atoms with van der Waals surface area (Å²) in [5, 5.41) is 3.23. The zero-order valence-electron chi connectivity index (χ0n) is 17.4. The van der Waals surface area contributed by atoms with Gasteiger partial charge in [-0.15, -0.1) is 0 Å². The number of hydrogen-bond donors (Lipinski definition) is 1. The van der Waals surface area contributed by atoms with Crippen LogP contribution in [0.15, 0.2) is 18.2 Å². The molecule has 0 spiro atoms. The molecule has 6 rings (SSSR count). The molecule has 1 unspecified atom stereocenters. The van der Waals surface area contributed by atoms with Gasteiger partial charge in [-0.2, -0.15) is 0 Å². The predicted molar refractivity (Wildman–Crippen MR) is 109 cm³/mol. The Morgan fingerprint density at radius 1 is 1.07 bits per heavy atom. The van der Waals surface area contributed by atoms with Gasteiger partial charge in [-0.1, -0.05) is 11.6 Å². The van der Waals surface area contributed by atoms with E-state index in [0.29, 0.717) is 11.1 Å². The van der Waals surface area contributed by atoms with E-state index in [1.165, 1.54) is 43.4 Å². The van der Waals surface area contributed by atoms with E-state index in [2.05, 4.69) is 12.2 Å². The molecule has 4 fully saturated rings. The first-order valence-corrected chi connectivity index (χ1v) is 11.1. The molecule has 4 bridgehead atoms. The van der Waals surface area contributed by atoms with Gasteiger partial charge in [-0.3, -0.25) is 19.3 Å². The minimum absolute atomic E-state index is 0.0546. The van der Waals surface area contributed by atoms with E-state index in [9.17, 15) is 14.4 Å². The Morgan fingerprint density at radius 2 is 1.66 bits per heavy atom. The number of aryl methyl sites for hydroxylation is 1. The number of rotatable bonds is 5. The third-order valence-electron chi connectivity index (χ3n) is 8.07. The minimum atomic E-state index is -0.285. The second-order valence-electron chi connectivity index (χ2n) is 10.1. The third kappa shape index (κ3) is 3.10. The molecule has 1 aromatic carbocycles. The lowest BCUT2D eigenvalue weighted by molar-refractivity contribution is -0.126. The Bertz CT molecular complexity index is 855. The summed E-state index contributed by atoms with van der Waals surface area (Å²) in [7, 11) is 0. The van der Waals surface area contributed by atoms with Gasteiger partial charge in [0, 0.05) is 19.0 Å². The summed E-state index contributed by atoms with van der Waals surface area (Å²) in [5.74, 6) is 1.93. The van der Waals surface area contributed by atoms with Crippen molar-refractivity contribution in [2.75, 3.05) is 6.54 Å². The lowest BCUT2D eigenvalue weighted by Crippen LogP contribution is -2.56. The van der Waals surface area contributed by atoms with E-state index in [-0.39, 0.29) is 42.1 Å². The van der Waals surface area contributed by atoms with E-state index < -0.39 is 0 Å². The number of carbonyl (C=O) groups excluding carboxylic acids is 3. The topological polar surface area (TPSA) is 66.5 Å². The highest BCUT2D eigenvalue weighted by molar-refractivity contribution is 6.21. The third-order valence-corrected chi connectivity index (χ3v) is 8.07. The Hall–Kier alpha value is -2.17. The zero-order valence-corrected chi connectivity index (χ0v) is 17.4. The maximum Gasteiger partial charge on any atom is 0.261 e. The first-order chi connectivity index (χ1) is 13.8. The van der Waals surface area contributed by atoms with Crippen LogP contribution in [-0.4, -0.2) is 35.2 Å². The lowest BCUT2D eigenvalue weighted by atomic mass is 9.48. The highest BCUT2D eigenvalue weighted by atomic mass is 16.2. The standard InChI is InChI=1S/C24H30N2O3/c1-14-3-4-19-20(7-14)23(29)26(22(19)28)6-5-21(27)25-15(2)24-11-16-8-17(12-24)10-18(9-16)13-24/h3-4,7,15-18H,5-6,8-13H2,1-2H3,(H,25,27). The average Bonchev–Trinajstić information content (AvgIpc) is 2.89. The fraction of sp³-hybridized carbons (Fsp3) is 0.625. The van der Waals surface area contributed by atoms with Crippen LogP contribution in [0.4, 0.5) is 0 Å². The largest absolute Gasteiger partial charge is 0.353 e. The molecule has 1 aromatic rings. The lowest BCUT2D eigenvalue weighted by Gasteiger charge is -2.59. The SMILES string of the molecule is Cc1ccc2c(c1)C(=O)N(CCC(=O)NC(C)C13CC4CC(CC(C4)C1)C3)C2=O. The molecule has 4 aliphatic carbocycles. The molecule has 1 N–H and O–H groups in total. The van der Waals surface area contributed by atoms with Gasteiger partial charge >= 0.3 is 0 Å². The molecule has 5 heteroatoms. The molecule has 1 atom stereocenters. The van der Waals surface area contributed by atoms with Gasteiger partial charge in [0.15, 0.2) is 0 Å². The summed E-state index contributed by atoms with van der Waals surface area (Å²) >= 11 is 0. The number of carbonyl (C=O) groups is 3. The van der Waals surface area contributed by atoms with Gasteiger partial charge in [0.2, 0.25) is 5.91 Å². The van der Waals surface area contributed by atoms with Crippen LogP contribution in [0.3, 0.4) is 0 Å². The molecule has 5 aliphatic rings. The van der Waals surface area contributed by atoms with Crippen LogP contribution in [0.5, 0.6) is 0 Å². The normalized spacial score (nSPS) is 33.2. The molecule has 1 heterocycles. The van der Waals surface area contributed by atoms with E-state index in [0.717, 1.165) is 23.3 Å².